The molecule has 15 heavy (non-hydrogen) atoms. The normalized spacial score (nSPS) is 11.0. The highest BCUT2D eigenvalue weighted by atomic mass is 13.9. The monoisotopic (exact) mass is 207 g/mol. The molecule has 0 saturated heterocycles. The van der Waals surface area contributed by atoms with E-state index in [0.717, 1.165) is 6.42 Å². The molecule has 0 spiro atoms. The van der Waals surface area contributed by atoms with E-state index < -0.39 is 0 Å². The zero-order valence-corrected chi connectivity index (χ0v) is 10.4. The van der Waals surface area contributed by atoms with E-state index in [2.05, 4.69) is 19.1 Å². The minimum absolute atomic E-state index is 1.07. The molecule has 1 radical (unpaired) electrons. The molecule has 0 aliphatic carbocycles. The topological polar surface area (TPSA) is 0 Å². The lowest BCUT2D eigenvalue weighted by Crippen LogP contribution is -1.76. The van der Waals surface area contributed by atoms with Gasteiger partial charge in [0.05, 0.1) is 0 Å². The number of unbranched alkanes of at least 4 members (excludes halogenated alkanes) is 8. The van der Waals surface area contributed by atoms with Gasteiger partial charge in [-0.15, -0.1) is 0 Å². The summed E-state index contributed by atoms with van der Waals surface area (Å²) in [6.07, 6.45) is 19.4. The first-order chi connectivity index (χ1) is 7.41. The van der Waals surface area contributed by atoms with Crippen LogP contribution in [-0.2, 0) is 0 Å². The summed E-state index contributed by atoms with van der Waals surface area (Å²) in [5, 5.41) is 0. The van der Waals surface area contributed by atoms with E-state index in [0.29, 0.717) is 0 Å². The van der Waals surface area contributed by atoms with Crippen molar-refractivity contribution in [1.29, 1.82) is 0 Å². The van der Waals surface area contributed by atoms with Crippen LogP contribution in [0.2, 0.25) is 0 Å². The molecule has 0 saturated carbocycles. The van der Waals surface area contributed by atoms with Gasteiger partial charge in [0.2, 0.25) is 0 Å². The van der Waals surface area contributed by atoms with Crippen molar-refractivity contribution in [1.82, 2.24) is 0 Å². The van der Waals surface area contributed by atoms with Crippen LogP contribution in [0.25, 0.3) is 0 Å². The number of allylic oxidation sites excluding steroid dienone is 3. The van der Waals surface area contributed by atoms with Crippen molar-refractivity contribution in [3.63, 3.8) is 0 Å². The fraction of sp³-hybridized carbons (Fsp3) is 0.733. The molecule has 0 heteroatoms. The summed E-state index contributed by atoms with van der Waals surface area (Å²) < 4.78 is 0. The molecule has 0 heterocycles. The summed E-state index contributed by atoms with van der Waals surface area (Å²) in [6, 6.07) is 0. The minimum atomic E-state index is 1.07. The largest absolute Gasteiger partial charge is 0.0885 e. The molecule has 0 aliphatic rings. The zero-order valence-electron chi connectivity index (χ0n) is 10.4. The maximum Gasteiger partial charge on any atom is -0.0348 e. The summed E-state index contributed by atoms with van der Waals surface area (Å²) in [5.74, 6) is 0. The van der Waals surface area contributed by atoms with Crippen LogP contribution in [-0.4, -0.2) is 0 Å². The van der Waals surface area contributed by atoms with Crippen molar-refractivity contribution in [3.05, 3.63) is 24.8 Å². The van der Waals surface area contributed by atoms with E-state index in [1.165, 1.54) is 57.8 Å². The molecule has 0 aromatic heterocycles. The Labute approximate surface area is 96.5 Å². The maximum absolute atomic E-state index is 5.31. The molecule has 0 rings (SSSR count). The average Bonchev–Trinajstić information content (AvgIpc) is 2.26. The molecule has 0 bridgehead atoms. The van der Waals surface area contributed by atoms with Gasteiger partial charge in [0.1, 0.15) is 0 Å². The van der Waals surface area contributed by atoms with E-state index in [-0.39, 0.29) is 0 Å². The first-order valence-electron chi connectivity index (χ1n) is 6.60. The van der Waals surface area contributed by atoms with Crippen LogP contribution in [0.4, 0.5) is 0 Å². The Morgan fingerprint density at radius 3 is 1.80 bits per heavy atom. The van der Waals surface area contributed by atoms with Crippen molar-refractivity contribution in [2.75, 3.05) is 0 Å². The lowest BCUT2D eigenvalue weighted by atomic mass is 10.1. The van der Waals surface area contributed by atoms with Crippen LogP contribution in [0.5, 0.6) is 0 Å². The molecule has 0 amide bonds. The smallest absolute Gasteiger partial charge is 0.0348 e. The predicted molar refractivity (Wildman–Crippen MR) is 69.9 cm³/mol. The van der Waals surface area contributed by atoms with Crippen LogP contribution in [0.1, 0.15) is 71.1 Å². The Bertz CT molecular complexity index is 144. The third-order valence-corrected chi connectivity index (χ3v) is 2.63. The highest BCUT2D eigenvalue weighted by molar-refractivity contribution is 4.81. The number of rotatable bonds is 11. The van der Waals surface area contributed by atoms with Gasteiger partial charge >= 0.3 is 0 Å². The van der Waals surface area contributed by atoms with Crippen LogP contribution in [0, 0.1) is 6.58 Å². The molecular formula is C15H27. The molecule has 87 valence electrons. The molecule has 0 N–H and O–H groups in total. The fourth-order valence-corrected chi connectivity index (χ4v) is 1.63. The molecule has 0 unspecified atom stereocenters. The van der Waals surface area contributed by atoms with Crippen LogP contribution in [0.15, 0.2) is 18.2 Å². The van der Waals surface area contributed by atoms with Crippen LogP contribution >= 0.6 is 0 Å². The van der Waals surface area contributed by atoms with Gasteiger partial charge in [-0.3, -0.25) is 0 Å². The molecule has 0 fully saturated rings. The van der Waals surface area contributed by atoms with Gasteiger partial charge in [-0.2, -0.15) is 0 Å². The van der Waals surface area contributed by atoms with Crippen molar-refractivity contribution in [3.8, 4) is 0 Å². The van der Waals surface area contributed by atoms with Gasteiger partial charge in [0.25, 0.3) is 0 Å². The van der Waals surface area contributed by atoms with E-state index in [1.54, 1.807) is 6.08 Å². The van der Waals surface area contributed by atoms with Crippen molar-refractivity contribution in [2.45, 2.75) is 71.1 Å². The standard InChI is InChI=1S/C15H27/c1-3-5-7-9-11-13-15-14-12-10-8-6-4-2/h1,3,14-15H,4-13H2,2H3/b3-1?,15-14-. The second-order valence-electron chi connectivity index (χ2n) is 4.19. The molecule has 0 aromatic rings. The van der Waals surface area contributed by atoms with Crippen molar-refractivity contribution in [2.24, 2.45) is 0 Å². The summed E-state index contributed by atoms with van der Waals surface area (Å²) in [7, 11) is 0. The summed E-state index contributed by atoms with van der Waals surface area (Å²) >= 11 is 0. The highest BCUT2D eigenvalue weighted by Crippen LogP contribution is 2.06. The SMILES string of the molecule is [CH]=CCCCCC/C=C\CCCCCC. The molecule has 0 aliphatic heterocycles. The van der Waals surface area contributed by atoms with Crippen molar-refractivity contribution < 1.29 is 0 Å². The Balaban J connectivity index is 3.00. The van der Waals surface area contributed by atoms with Gasteiger partial charge in [-0.1, -0.05) is 57.4 Å². The Hall–Kier alpha value is -0.520. The third kappa shape index (κ3) is 13.5. The van der Waals surface area contributed by atoms with Gasteiger partial charge < -0.3 is 0 Å². The second-order valence-corrected chi connectivity index (χ2v) is 4.19. The van der Waals surface area contributed by atoms with E-state index in [1.807, 2.05) is 0 Å². The van der Waals surface area contributed by atoms with Gasteiger partial charge in [-0.25, -0.2) is 0 Å². The lowest BCUT2D eigenvalue weighted by Gasteiger charge is -1.96. The third-order valence-electron chi connectivity index (χ3n) is 2.63. The number of hydrogen-bond acceptors (Lipinski definition) is 0. The maximum atomic E-state index is 5.31. The predicted octanol–water partition coefficient (Wildman–Crippen LogP) is 5.45. The first kappa shape index (κ1) is 14.5. The van der Waals surface area contributed by atoms with E-state index >= 15 is 0 Å². The van der Waals surface area contributed by atoms with Crippen molar-refractivity contribution >= 4 is 0 Å². The van der Waals surface area contributed by atoms with E-state index in [9.17, 15) is 0 Å². The average molecular weight is 207 g/mol. The first-order valence-corrected chi connectivity index (χ1v) is 6.60. The summed E-state index contributed by atoms with van der Waals surface area (Å²) in [4.78, 5) is 0. The Morgan fingerprint density at radius 1 is 0.733 bits per heavy atom. The quantitative estimate of drug-likeness (QED) is 0.312. The Kier molecular flexibility index (Phi) is 13.0. The van der Waals surface area contributed by atoms with Crippen LogP contribution < -0.4 is 0 Å². The molecule has 0 atom stereocenters. The molecular weight excluding hydrogens is 180 g/mol. The van der Waals surface area contributed by atoms with E-state index in [4.69, 9.17) is 6.58 Å². The van der Waals surface area contributed by atoms with Gasteiger partial charge in [0.15, 0.2) is 0 Å². The molecule has 0 nitrogen and oxygen atoms in total. The minimum Gasteiger partial charge on any atom is -0.0885 e. The zero-order chi connectivity index (χ0) is 11.2. The fourth-order valence-electron chi connectivity index (χ4n) is 1.63. The lowest BCUT2D eigenvalue weighted by molar-refractivity contribution is 0.670. The Morgan fingerprint density at radius 2 is 1.27 bits per heavy atom. The summed E-state index contributed by atoms with van der Waals surface area (Å²) in [6.45, 7) is 7.57. The molecule has 0 aromatic carbocycles. The second kappa shape index (κ2) is 13.5. The van der Waals surface area contributed by atoms with Crippen LogP contribution in [0.3, 0.4) is 0 Å². The highest BCUT2D eigenvalue weighted by Gasteiger charge is 1.86. The van der Waals surface area contributed by atoms with Gasteiger partial charge in [-0.05, 0) is 38.5 Å². The van der Waals surface area contributed by atoms with Gasteiger partial charge in [0, 0.05) is 0 Å². The summed E-state index contributed by atoms with van der Waals surface area (Å²) in [5.41, 5.74) is 0. The number of hydrogen-bond donors (Lipinski definition) is 0.